The van der Waals surface area contributed by atoms with E-state index >= 15 is 0 Å². The molecule has 0 bridgehead atoms. The van der Waals surface area contributed by atoms with E-state index in [-0.39, 0.29) is 6.42 Å². The van der Waals surface area contributed by atoms with Gasteiger partial charge in [0.25, 0.3) is 5.67 Å². The van der Waals surface area contributed by atoms with Crippen LogP contribution in [0.3, 0.4) is 0 Å². The minimum absolute atomic E-state index is 0.150. The second-order valence-electron chi connectivity index (χ2n) is 5.04. The van der Waals surface area contributed by atoms with Gasteiger partial charge in [-0.05, 0) is 6.42 Å². The Balaban J connectivity index is 3.53. The molecule has 0 aliphatic heterocycles. The summed E-state index contributed by atoms with van der Waals surface area (Å²) in [5, 5.41) is 0. The van der Waals surface area contributed by atoms with E-state index in [4.69, 9.17) is 0 Å². The largest absolute Gasteiger partial charge is 0.381 e. The van der Waals surface area contributed by atoms with Gasteiger partial charge in [-0.25, -0.2) is 4.39 Å². The van der Waals surface area contributed by atoms with Gasteiger partial charge in [-0.3, -0.25) is 0 Å². The molecule has 0 aromatic heterocycles. The normalized spacial score (nSPS) is 31.8. The zero-order chi connectivity index (χ0) is 16.4. The van der Waals surface area contributed by atoms with E-state index in [2.05, 4.69) is 0 Å². The van der Waals surface area contributed by atoms with E-state index in [9.17, 15) is 39.5 Å². The first kappa shape index (κ1) is 18.1. The van der Waals surface area contributed by atoms with Gasteiger partial charge in [-0.2, -0.15) is 35.1 Å². The van der Waals surface area contributed by atoms with E-state index in [1.165, 1.54) is 29.5 Å². The van der Waals surface area contributed by atoms with Crippen LogP contribution in [0.1, 0.15) is 26.7 Å². The second kappa shape index (κ2) is 4.31. The van der Waals surface area contributed by atoms with Crippen molar-refractivity contribution in [3.63, 3.8) is 0 Å². The van der Waals surface area contributed by atoms with Crippen molar-refractivity contribution >= 4 is 22.6 Å². The van der Waals surface area contributed by atoms with Gasteiger partial charge in [-0.1, -0.05) is 36.4 Å². The highest BCUT2D eigenvalue weighted by Crippen LogP contribution is 2.71. The van der Waals surface area contributed by atoms with Gasteiger partial charge >= 0.3 is 23.7 Å². The summed E-state index contributed by atoms with van der Waals surface area (Å²) in [7, 11) is 0. The molecule has 1 unspecified atom stereocenters. The van der Waals surface area contributed by atoms with Gasteiger partial charge in [0.1, 0.15) is 0 Å². The van der Waals surface area contributed by atoms with Crippen molar-refractivity contribution in [3.05, 3.63) is 0 Å². The number of rotatable bonds is 3. The van der Waals surface area contributed by atoms with Crippen molar-refractivity contribution in [1.82, 2.24) is 0 Å². The lowest BCUT2D eigenvalue weighted by molar-refractivity contribution is -0.303. The molecular weight excluding hydrogens is 418 g/mol. The molecular formula is C10H10F9I. The van der Waals surface area contributed by atoms with Crippen molar-refractivity contribution in [2.45, 2.75) is 59.5 Å². The lowest BCUT2D eigenvalue weighted by atomic mass is 9.85. The van der Waals surface area contributed by atoms with Crippen LogP contribution in [0.4, 0.5) is 39.5 Å². The Morgan fingerprint density at radius 2 is 1.05 bits per heavy atom. The molecule has 0 radical (unpaired) electrons. The van der Waals surface area contributed by atoms with Crippen molar-refractivity contribution < 1.29 is 39.5 Å². The maximum Gasteiger partial charge on any atom is 0.381 e. The van der Waals surface area contributed by atoms with Crippen LogP contribution in [0.5, 0.6) is 0 Å². The Bertz CT molecular complexity index is 376. The quantitative estimate of drug-likeness (QED) is 0.328. The zero-order valence-corrected chi connectivity index (χ0v) is 12.4. The van der Waals surface area contributed by atoms with E-state index in [0.29, 0.717) is 0 Å². The molecule has 0 amide bonds. The molecule has 0 N–H and O–H groups in total. The van der Waals surface area contributed by atoms with Crippen LogP contribution in [0, 0.1) is 0 Å². The predicted octanol–water partition coefficient (Wildman–Crippen LogP) is 5.24. The standard InChI is InChI=1S/C10H10F9I/c1-3-5(2,20)4-6(11)7(12,13)9(16,17)10(18,19)8(6,14)15/h3-4H2,1-2H3. The van der Waals surface area contributed by atoms with Crippen LogP contribution in [0.25, 0.3) is 0 Å². The van der Waals surface area contributed by atoms with E-state index in [1.807, 2.05) is 0 Å². The highest BCUT2D eigenvalue weighted by molar-refractivity contribution is 14.1. The first-order valence-corrected chi connectivity index (χ1v) is 6.49. The monoisotopic (exact) mass is 428 g/mol. The SMILES string of the molecule is CCC(C)(I)CC1(F)C(F)(F)C(F)(F)C(F)(F)C1(F)F. The molecule has 0 saturated heterocycles. The van der Waals surface area contributed by atoms with E-state index in [0.717, 1.165) is 6.92 Å². The maximum absolute atomic E-state index is 14.1. The molecule has 0 spiro atoms. The van der Waals surface area contributed by atoms with Crippen molar-refractivity contribution in [2.24, 2.45) is 0 Å². The van der Waals surface area contributed by atoms with Crippen LogP contribution in [0.2, 0.25) is 0 Å². The molecule has 0 heterocycles. The summed E-state index contributed by atoms with van der Waals surface area (Å²) in [6, 6.07) is 0. The minimum Gasteiger partial charge on any atom is -0.230 e. The Hall–Kier alpha value is 0.1000. The number of hydrogen-bond acceptors (Lipinski definition) is 0. The van der Waals surface area contributed by atoms with Crippen molar-refractivity contribution in [2.75, 3.05) is 0 Å². The molecule has 0 nitrogen and oxygen atoms in total. The predicted molar refractivity (Wildman–Crippen MR) is 61.0 cm³/mol. The summed E-state index contributed by atoms with van der Waals surface area (Å²) >= 11 is 1.30. The first-order valence-electron chi connectivity index (χ1n) is 5.41. The third-order valence-electron chi connectivity index (χ3n) is 3.53. The summed E-state index contributed by atoms with van der Waals surface area (Å²) in [6.45, 7) is 2.34. The van der Waals surface area contributed by atoms with Crippen molar-refractivity contribution in [3.8, 4) is 0 Å². The lowest BCUT2D eigenvalue weighted by Crippen LogP contribution is -2.57. The van der Waals surface area contributed by atoms with Crippen molar-refractivity contribution in [1.29, 1.82) is 0 Å². The number of hydrogen-bond donors (Lipinski definition) is 0. The lowest BCUT2D eigenvalue weighted by Gasteiger charge is -2.36. The minimum atomic E-state index is -6.47. The molecule has 1 atom stereocenters. The molecule has 0 aromatic carbocycles. The summed E-state index contributed by atoms with van der Waals surface area (Å²) in [6.07, 6.45) is -1.98. The average Bonchev–Trinajstić information content (AvgIpc) is 2.30. The van der Waals surface area contributed by atoms with Gasteiger partial charge in [-0.15, -0.1) is 0 Å². The Morgan fingerprint density at radius 3 is 1.30 bits per heavy atom. The maximum atomic E-state index is 14.1. The van der Waals surface area contributed by atoms with Gasteiger partial charge in [0.15, 0.2) is 0 Å². The highest BCUT2D eigenvalue weighted by atomic mass is 127. The van der Waals surface area contributed by atoms with Gasteiger partial charge in [0, 0.05) is 9.84 Å². The second-order valence-corrected chi connectivity index (χ2v) is 7.65. The number of halogens is 10. The fraction of sp³-hybridized carbons (Fsp3) is 1.00. The average molecular weight is 428 g/mol. The first-order chi connectivity index (χ1) is 8.52. The molecule has 1 aliphatic rings. The molecule has 120 valence electrons. The summed E-state index contributed by atoms with van der Waals surface area (Å²) in [4.78, 5) is 0. The van der Waals surface area contributed by atoms with Crippen LogP contribution < -0.4 is 0 Å². The van der Waals surface area contributed by atoms with Gasteiger partial charge < -0.3 is 0 Å². The Morgan fingerprint density at radius 1 is 0.750 bits per heavy atom. The molecule has 1 aliphatic carbocycles. The third kappa shape index (κ3) is 1.81. The zero-order valence-electron chi connectivity index (χ0n) is 10.2. The fourth-order valence-corrected chi connectivity index (χ4v) is 2.47. The fourth-order valence-electron chi connectivity index (χ4n) is 1.94. The van der Waals surface area contributed by atoms with Crippen LogP contribution >= 0.6 is 22.6 Å². The molecule has 1 saturated carbocycles. The van der Waals surface area contributed by atoms with E-state index in [1.54, 1.807) is 0 Å². The van der Waals surface area contributed by atoms with Gasteiger partial charge in [0.05, 0.1) is 0 Å². The Kier molecular flexibility index (Phi) is 3.91. The molecule has 0 aromatic rings. The summed E-state index contributed by atoms with van der Waals surface area (Å²) in [5.74, 6) is -25.3. The van der Waals surface area contributed by atoms with Crippen LogP contribution in [-0.2, 0) is 0 Å². The van der Waals surface area contributed by atoms with Gasteiger partial charge in [0.2, 0.25) is 0 Å². The number of alkyl halides is 10. The summed E-state index contributed by atoms with van der Waals surface area (Å²) < 4.78 is 118. The molecule has 1 rings (SSSR count). The topological polar surface area (TPSA) is 0 Å². The molecule has 20 heavy (non-hydrogen) atoms. The van der Waals surface area contributed by atoms with Crippen LogP contribution in [-0.4, -0.2) is 32.8 Å². The summed E-state index contributed by atoms with van der Waals surface area (Å²) in [5.41, 5.74) is -5.33. The van der Waals surface area contributed by atoms with Crippen LogP contribution in [0.15, 0.2) is 0 Å². The highest BCUT2D eigenvalue weighted by Gasteiger charge is 3.00. The smallest absolute Gasteiger partial charge is 0.230 e. The molecule has 1 fully saturated rings. The molecule has 10 heteroatoms. The van der Waals surface area contributed by atoms with E-state index < -0.39 is 39.2 Å². The Labute approximate surface area is 122 Å². The third-order valence-corrected chi connectivity index (χ3v) is 4.67.